The second-order valence-corrected chi connectivity index (χ2v) is 7.24. The van der Waals surface area contributed by atoms with E-state index in [1.54, 1.807) is 6.07 Å². The number of anilines is 1. The van der Waals surface area contributed by atoms with E-state index >= 15 is 0 Å². The molecule has 0 saturated carbocycles. The Balaban J connectivity index is 1.55. The van der Waals surface area contributed by atoms with Crippen LogP contribution < -0.4 is 10.9 Å². The zero-order valence-electron chi connectivity index (χ0n) is 15.0. The molecule has 26 heavy (non-hydrogen) atoms. The molecule has 0 aliphatic carbocycles. The third kappa shape index (κ3) is 3.12. The highest BCUT2D eigenvalue weighted by molar-refractivity contribution is 5.24. The zero-order valence-corrected chi connectivity index (χ0v) is 15.0. The average molecular weight is 355 g/mol. The largest absolute Gasteiger partial charge is 0.394 e. The Morgan fingerprint density at radius 1 is 1.27 bits per heavy atom. The van der Waals surface area contributed by atoms with Crippen molar-refractivity contribution in [1.82, 2.24) is 19.4 Å². The molecule has 4 heterocycles. The van der Waals surface area contributed by atoms with Crippen LogP contribution in [0.25, 0.3) is 0 Å². The molecule has 3 atom stereocenters. The number of hydrogen-bond donors (Lipinski definition) is 2. The molecule has 2 aliphatic heterocycles. The zero-order chi connectivity index (χ0) is 18.1. The number of aliphatic hydroxyl groups is 1. The number of aromatic nitrogens is 3. The minimum Gasteiger partial charge on any atom is -0.394 e. The molecule has 2 aliphatic rings. The van der Waals surface area contributed by atoms with E-state index in [0.717, 1.165) is 43.9 Å². The lowest BCUT2D eigenvalue weighted by molar-refractivity contribution is 0.0580. The van der Waals surface area contributed by atoms with Crippen LogP contribution in [0.5, 0.6) is 0 Å². The summed E-state index contributed by atoms with van der Waals surface area (Å²) in [5, 5.41) is 13.0. The smallest absolute Gasteiger partial charge is 0.251 e. The van der Waals surface area contributed by atoms with E-state index in [-0.39, 0.29) is 24.1 Å². The van der Waals surface area contributed by atoms with E-state index in [2.05, 4.69) is 20.2 Å². The molecule has 2 bridgehead atoms. The lowest BCUT2D eigenvalue weighted by Gasteiger charge is -2.46. The van der Waals surface area contributed by atoms with Crippen LogP contribution >= 0.6 is 0 Å². The van der Waals surface area contributed by atoms with Gasteiger partial charge in [0.1, 0.15) is 0 Å². The fourth-order valence-corrected chi connectivity index (χ4v) is 4.44. The quantitative estimate of drug-likeness (QED) is 0.839. The van der Waals surface area contributed by atoms with Crippen LogP contribution in [0.1, 0.15) is 36.6 Å². The van der Waals surface area contributed by atoms with Crippen molar-refractivity contribution in [3.05, 3.63) is 52.2 Å². The number of nitrogens with one attached hydrogen (secondary N) is 1. The van der Waals surface area contributed by atoms with Crippen LogP contribution in [-0.4, -0.2) is 50.8 Å². The van der Waals surface area contributed by atoms with E-state index in [1.807, 2.05) is 36.0 Å². The lowest BCUT2D eigenvalue weighted by atomic mass is 9.78. The molecule has 1 fully saturated rings. The summed E-state index contributed by atoms with van der Waals surface area (Å²) in [4.78, 5) is 23.4. The number of hydrogen-bond acceptors (Lipinski definition) is 6. The molecule has 4 rings (SSSR count). The first-order chi connectivity index (χ1) is 12.7. The molecule has 1 saturated heterocycles. The Bertz CT molecular complexity index is 819. The maximum atomic E-state index is 12.3. The van der Waals surface area contributed by atoms with Crippen molar-refractivity contribution in [2.24, 2.45) is 5.92 Å². The predicted octanol–water partition coefficient (Wildman–Crippen LogP) is 1.22. The summed E-state index contributed by atoms with van der Waals surface area (Å²) < 4.78 is 1.82. The van der Waals surface area contributed by atoms with Crippen molar-refractivity contribution in [2.45, 2.75) is 31.8 Å². The van der Waals surface area contributed by atoms with Crippen molar-refractivity contribution in [3.63, 3.8) is 0 Å². The van der Waals surface area contributed by atoms with Gasteiger partial charge in [-0.25, -0.2) is 9.97 Å². The fraction of sp³-hybridized carbons (Fsp3) is 0.526. The van der Waals surface area contributed by atoms with Crippen molar-refractivity contribution < 1.29 is 5.11 Å². The molecule has 0 amide bonds. The third-order valence-corrected chi connectivity index (χ3v) is 5.51. The number of aliphatic hydroxyl groups excluding tert-OH is 1. The summed E-state index contributed by atoms with van der Waals surface area (Å²) >= 11 is 0. The minimum absolute atomic E-state index is 0.00262. The summed E-state index contributed by atoms with van der Waals surface area (Å²) in [5.41, 5.74) is 2.13. The summed E-state index contributed by atoms with van der Waals surface area (Å²) in [6.45, 7) is 5.39. The molecule has 2 aromatic rings. The molecule has 0 radical (unpaired) electrons. The summed E-state index contributed by atoms with van der Waals surface area (Å²) in [7, 11) is 0. The molecule has 7 nitrogen and oxygen atoms in total. The highest BCUT2D eigenvalue weighted by Crippen LogP contribution is 2.41. The van der Waals surface area contributed by atoms with Crippen LogP contribution in [0, 0.1) is 5.92 Å². The van der Waals surface area contributed by atoms with Gasteiger partial charge in [0.05, 0.1) is 12.6 Å². The van der Waals surface area contributed by atoms with Gasteiger partial charge in [0, 0.05) is 61.8 Å². The van der Waals surface area contributed by atoms with E-state index in [9.17, 15) is 9.90 Å². The molecule has 2 aromatic heterocycles. The number of nitrogens with zero attached hydrogens (tertiary/aromatic N) is 4. The van der Waals surface area contributed by atoms with Crippen molar-refractivity contribution >= 4 is 5.95 Å². The van der Waals surface area contributed by atoms with E-state index in [4.69, 9.17) is 0 Å². The fourth-order valence-electron chi connectivity index (χ4n) is 4.44. The SMILES string of the molecule is CCNc1ncc(CN2C[C@H]3C[C@@H](C2)[C@H](CO)n2c3cccc2=O)cn1. The molecular weight excluding hydrogens is 330 g/mol. The van der Waals surface area contributed by atoms with Gasteiger partial charge in [-0.2, -0.15) is 0 Å². The van der Waals surface area contributed by atoms with Crippen molar-refractivity contribution in [2.75, 3.05) is 31.6 Å². The summed E-state index contributed by atoms with van der Waals surface area (Å²) in [6, 6.07) is 5.32. The lowest BCUT2D eigenvalue weighted by Crippen LogP contribution is -2.50. The van der Waals surface area contributed by atoms with E-state index < -0.39 is 0 Å². The summed E-state index contributed by atoms with van der Waals surface area (Å²) in [5.74, 6) is 1.26. The Kier molecular flexibility index (Phi) is 4.74. The maximum absolute atomic E-state index is 12.3. The normalized spacial score (nSPS) is 24.9. The minimum atomic E-state index is -0.134. The molecule has 0 aromatic carbocycles. The van der Waals surface area contributed by atoms with Crippen LogP contribution in [0.2, 0.25) is 0 Å². The standard InChI is InChI=1S/C19H25N5O2/c1-2-20-19-21-7-13(8-22-19)9-23-10-14-6-15(11-23)17(12-25)24-16(14)4-3-5-18(24)26/h3-5,7-8,14-15,17,25H,2,6,9-12H2,1H3,(H,20,21,22)/t14-,15+,17+/m1/s1. The molecule has 0 spiro atoms. The van der Waals surface area contributed by atoms with Gasteiger partial charge in [-0.15, -0.1) is 0 Å². The highest BCUT2D eigenvalue weighted by atomic mass is 16.3. The number of fused-ring (bicyclic) bond motifs is 4. The maximum Gasteiger partial charge on any atom is 0.251 e. The molecule has 2 N–H and O–H groups in total. The van der Waals surface area contributed by atoms with Gasteiger partial charge in [-0.05, 0) is 25.3 Å². The third-order valence-electron chi connectivity index (χ3n) is 5.51. The van der Waals surface area contributed by atoms with Gasteiger partial charge < -0.3 is 15.0 Å². The Morgan fingerprint density at radius 2 is 2.08 bits per heavy atom. The molecule has 0 unspecified atom stereocenters. The number of piperidine rings is 1. The second kappa shape index (κ2) is 7.17. The van der Waals surface area contributed by atoms with Gasteiger partial charge in [0.25, 0.3) is 5.56 Å². The van der Waals surface area contributed by atoms with Crippen LogP contribution in [-0.2, 0) is 6.54 Å². The first-order valence-corrected chi connectivity index (χ1v) is 9.29. The topological polar surface area (TPSA) is 83.3 Å². The van der Waals surface area contributed by atoms with Crippen LogP contribution in [0.3, 0.4) is 0 Å². The van der Waals surface area contributed by atoms with Crippen molar-refractivity contribution in [3.8, 4) is 0 Å². The monoisotopic (exact) mass is 355 g/mol. The molecular formula is C19H25N5O2. The highest BCUT2D eigenvalue weighted by Gasteiger charge is 2.40. The number of likely N-dealkylation sites (tertiary alicyclic amines) is 1. The van der Waals surface area contributed by atoms with E-state index in [0.29, 0.717) is 11.9 Å². The van der Waals surface area contributed by atoms with E-state index in [1.165, 1.54) is 0 Å². The van der Waals surface area contributed by atoms with Gasteiger partial charge in [-0.1, -0.05) is 6.07 Å². The number of pyridine rings is 1. The number of rotatable bonds is 5. The van der Waals surface area contributed by atoms with Gasteiger partial charge in [0.15, 0.2) is 0 Å². The first kappa shape index (κ1) is 17.2. The predicted molar refractivity (Wildman–Crippen MR) is 99.1 cm³/mol. The van der Waals surface area contributed by atoms with Crippen LogP contribution in [0.4, 0.5) is 5.95 Å². The Hall–Kier alpha value is -2.25. The van der Waals surface area contributed by atoms with Crippen LogP contribution in [0.15, 0.2) is 35.4 Å². The van der Waals surface area contributed by atoms with Gasteiger partial charge >= 0.3 is 0 Å². The van der Waals surface area contributed by atoms with Crippen molar-refractivity contribution in [1.29, 1.82) is 0 Å². The molecule has 138 valence electrons. The Labute approximate surface area is 152 Å². The average Bonchev–Trinajstić information content (AvgIpc) is 2.65. The molecule has 7 heteroatoms. The first-order valence-electron chi connectivity index (χ1n) is 9.29. The second-order valence-electron chi connectivity index (χ2n) is 7.24. The summed E-state index contributed by atoms with van der Waals surface area (Å²) in [6.07, 6.45) is 4.77. The Morgan fingerprint density at radius 3 is 2.81 bits per heavy atom. The van der Waals surface area contributed by atoms with Gasteiger partial charge in [0.2, 0.25) is 5.95 Å². The van der Waals surface area contributed by atoms with Gasteiger partial charge in [-0.3, -0.25) is 9.69 Å².